The van der Waals surface area contributed by atoms with E-state index in [1.54, 1.807) is 4.90 Å². The van der Waals surface area contributed by atoms with E-state index in [2.05, 4.69) is 54.5 Å². The molecular formula is C46H56Cl2N2O6. The van der Waals surface area contributed by atoms with Gasteiger partial charge in [-0.1, -0.05) is 108 Å². The number of anilines is 4. The summed E-state index contributed by atoms with van der Waals surface area (Å²) in [5.41, 5.74) is 8.05. The highest BCUT2D eigenvalue weighted by Crippen LogP contribution is 2.54. The topological polar surface area (TPSA) is 88.5 Å². The second-order valence-corrected chi connectivity index (χ2v) is 18.2. The lowest BCUT2D eigenvalue weighted by molar-refractivity contribution is 0.0597. The van der Waals surface area contributed by atoms with Crippen LogP contribution in [0.25, 0.3) is 0 Å². The van der Waals surface area contributed by atoms with Gasteiger partial charge in [-0.2, -0.15) is 0 Å². The van der Waals surface area contributed by atoms with E-state index in [4.69, 9.17) is 37.4 Å². The lowest BCUT2D eigenvalue weighted by atomic mass is 9.71. The van der Waals surface area contributed by atoms with E-state index in [0.717, 1.165) is 50.3 Å². The van der Waals surface area contributed by atoms with E-state index in [9.17, 15) is 14.7 Å². The molecule has 0 spiro atoms. The van der Waals surface area contributed by atoms with E-state index >= 15 is 0 Å². The van der Waals surface area contributed by atoms with Gasteiger partial charge >= 0.3 is 12.2 Å². The quantitative estimate of drug-likeness (QED) is 0.209. The van der Waals surface area contributed by atoms with Crippen LogP contribution in [0, 0.1) is 0 Å². The zero-order valence-electron chi connectivity index (χ0n) is 34.8. The molecule has 0 radical (unpaired) electrons. The van der Waals surface area contributed by atoms with Crippen LogP contribution in [0.4, 0.5) is 32.3 Å². The Morgan fingerprint density at radius 2 is 1.18 bits per heavy atom. The number of hydrogen-bond acceptors (Lipinski definition) is 5. The van der Waals surface area contributed by atoms with E-state index in [1.165, 1.54) is 4.90 Å². The SMILES string of the molecule is CCOCc1ccc2c(c1)N(C(=O)O)c1ccc(C(C)(C)C)c(Cl)c1C2(C)C.CCOCc1ccc2c(c1)N(C(=O)OC(C)(C)C)c1cccc(Cl)c1C2(C)C. The summed E-state index contributed by atoms with van der Waals surface area (Å²) in [5, 5.41) is 11.3. The fourth-order valence-electron chi connectivity index (χ4n) is 7.68. The molecule has 4 aromatic rings. The monoisotopic (exact) mass is 802 g/mol. The van der Waals surface area contributed by atoms with Crippen molar-refractivity contribution < 1.29 is 28.9 Å². The maximum absolute atomic E-state index is 13.2. The number of hydrogen-bond donors (Lipinski definition) is 1. The predicted octanol–water partition coefficient (Wildman–Crippen LogP) is 13.2. The van der Waals surface area contributed by atoms with Gasteiger partial charge in [0.2, 0.25) is 0 Å². The fourth-order valence-corrected chi connectivity index (χ4v) is 8.77. The highest BCUT2D eigenvalue weighted by Gasteiger charge is 2.43. The Balaban J connectivity index is 0.000000214. The van der Waals surface area contributed by atoms with Gasteiger partial charge in [0.05, 0.1) is 41.0 Å². The Morgan fingerprint density at radius 1 is 0.679 bits per heavy atom. The summed E-state index contributed by atoms with van der Waals surface area (Å²) in [7, 11) is 0. The van der Waals surface area contributed by atoms with Crippen LogP contribution in [0.5, 0.6) is 0 Å². The van der Waals surface area contributed by atoms with E-state index in [0.29, 0.717) is 47.8 Å². The molecule has 0 fully saturated rings. The van der Waals surface area contributed by atoms with Gasteiger partial charge in [-0.15, -0.1) is 0 Å². The summed E-state index contributed by atoms with van der Waals surface area (Å²) in [6.45, 7) is 26.5. The third-order valence-electron chi connectivity index (χ3n) is 10.3. The van der Waals surface area contributed by atoms with Gasteiger partial charge in [-0.3, -0.25) is 0 Å². The number of carbonyl (C=O) groups is 2. The Bertz CT molecular complexity index is 2130. The largest absolute Gasteiger partial charge is 0.464 e. The van der Waals surface area contributed by atoms with Crippen LogP contribution >= 0.6 is 23.2 Å². The van der Waals surface area contributed by atoms with Crippen molar-refractivity contribution in [2.45, 2.75) is 118 Å². The second-order valence-electron chi connectivity index (χ2n) is 17.4. The first-order valence-corrected chi connectivity index (χ1v) is 19.9. The van der Waals surface area contributed by atoms with Crippen molar-refractivity contribution in [1.82, 2.24) is 0 Å². The smallest absolute Gasteiger partial charge is 0.419 e. The molecular weight excluding hydrogens is 747 g/mol. The van der Waals surface area contributed by atoms with Gasteiger partial charge in [0.25, 0.3) is 0 Å². The van der Waals surface area contributed by atoms with Crippen LogP contribution < -0.4 is 9.80 Å². The van der Waals surface area contributed by atoms with Crippen LogP contribution in [0.1, 0.15) is 122 Å². The molecule has 0 atom stereocenters. The maximum Gasteiger partial charge on any atom is 0.419 e. The highest BCUT2D eigenvalue weighted by atomic mass is 35.5. The van der Waals surface area contributed by atoms with Crippen LogP contribution in [-0.2, 0) is 43.7 Å². The average Bonchev–Trinajstić information content (AvgIpc) is 3.08. The van der Waals surface area contributed by atoms with Gasteiger partial charge in [0.15, 0.2) is 0 Å². The number of ether oxygens (including phenoxy) is 3. The van der Waals surface area contributed by atoms with Crippen LogP contribution in [0.15, 0.2) is 66.7 Å². The molecule has 0 bridgehead atoms. The van der Waals surface area contributed by atoms with Crippen molar-refractivity contribution in [3.05, 3.63) is 116 Å². The van der Waals surface area contributed by atoms with Crippen LogP contribution in [0.2, 0.25) is 10.0 Å². The van der Waals surface area contributed by atoms with Gasteiger partial charge in [0, 0.05) is 40.2 Å². The first kappa shape index (κ1) is 43.1. The lowest BCUT2D eigenvalue weighted by Gasteiger charge is -2.41. The van der Waals surface area contributed by atoms with E-state index in [1.807, 2.05) is 95.3 Å². The Labute approximate surface area is 342 Å². The van der Waals surface area contributed by atoms with Crippen LogP contribution in [-0.4, -0.2) is 36.1 Å². The van der Waals surface area contributed by atoms with Crippen molar-refractivity contribution in [3.8, 4) is 0 Å². The number of nitrogens with zero attached hydrogens (tertiary/aromatic N) is 2. The number of fused-ring (bicyclic) bond motifs is 4. The maximum atomic E-state index is 13.2. The minimum absolute atomic E-state index is 0.141. The van der Waals surface area contributed by atoms with Crippen molar-refractivity contribution in [1.29, 1.82) is 0 Å². The van der Waals surface area contributed by atoms with E-state index in [-0.39, 0.29) is 10.8 Å². The van der Waals surface area contributed by atoms with Gasteiger partial charge < -0.3 is 19.3 Å². The first-order chi connectivity index (χ1) is 26.1. The molecule has 56 heavy (non-hydrogen) atoms. The van der Waals surface area contributed by atoms with Crippen molar-refractivity contribution in [3.63, 3.8) is 0 Å². The minimum atomic E-state index is -1.02. The number of carboxylic acid groups (broad SMARTS) is 1. The van der Waals surface area contributed by atoms with Gasteiger partial charge in [0.1, 0.15) is 5.60 Å². The van der Waals surface area contributed by atoms with E-state index < -0.39 is 23.2 Å². The Morgan fingerprint density at radius 3 is 1.66 bits per heavy atom. The minimum Gasteiger partial charge on any atom is -0.464 e. The predicted molar refractivity (Wildman–Crippen MR) is 228 cm³/mol. The average molecular weight is 804 g/mol. The molecule has 4 aromatic carbocycles. The third-order valence-corrected chi connectivity index (χ3v) is 11.0. The molecule has 0 aliphatic carbocycles. The standard InChI is InChI=1S/2C23H28ClNO3/c1-7-28-13-14-8-9-15-18(12-14)25(21(26)27)17-11-10-16(22(2,3)4)20(24)19(17)23(15,5)6;1-7-27-14-15-11-12-16-19(13-15)25(21(26)28-22(2,3)4)18-10-8-9-17(24)20(18)23(16,5)6/h8-12H,7,13H2,1-6H3,(H,26,27);8-13H,7,14H2,1-6H3. The molecule has 1 N–H and O–H groups in total. The van der Waals surface area contributed by atoms with Crippen molar-refractivity contribution in [2.24, 2.45) is 0 Å². The van der Waals surface area contributed by atoms with Crippen LogP contribution in [0.3, 0.4) is 0 Å². The molecule has 10 heteroatoms. The zero-order chi connectivity index (χ0) is 41.5. The molecule has 2 amide bonds. The van der Waals surface area contributed by atoms with Crippen molar-refractivity contribution >= 4 is 58.1 Å². The first-order valence-electron chi connectivity index (χ1n) is 19.2. The molecule has 0 aromatic heterocycles. The molecule has 0 saturated carbocycles. The summed E-state index contributed by atoms with van der Waals surface area (Å²) >= 11 is 13.5. The number of amides is 2. The van der Waals surface area contributed by atoms with Gasteiger partial charge in [-0.25, -0.2) is 19.4 Å². The fraction of sp³-hybridized carbons (Fsp3) is 0.435. The Hall–Kier alpha value is -4.08. The summed E-state index contributed by atoms with van der Waals surface area (Å²) in [4.78, 5) is 28.5. The summed E-state index contributed by atoms with van der Waals surface area (Å²) in [6.07, 6.45) is -1.44. The van der Waals surface area contributed by atoms with Gasteiger partial charge in [-0.05, 0) is 98.2 Å². The molecule has 8 nitrogen and oxygen atoms in total. The summed E-state index contributed by atoms with van der Waals surface area (Å²) in [6, 6.07) is 21.5. The molecule has 2 heterocycles. The highest BCUT2D eigenvalue weighted by molar-refractivity contribution is 6.33. The molecule has 0 saturated heterocycles. The summed E-state index contributed by atoms with van der Waals surface area (Å²) < 4.78 is 16.8. The normalized spacial score (nSPS) is 15.1. The number of carbonyl (C=O) groups excluding carboxylic acids is 1. The molecule has 0 unspecified atom stereocenters. The number of rotatable bonds is 6. The second kappa shape index (κ2) is 16.0. The number of halogens is 2. The molecule has 300 valence electrons. The molecule has 6 rings (SSSR count). The summed E-state index contributed by atoms with van der Waals surface area (Å²) in [5.74, 6) is 0. The number of benzene rings is 4. The molecule has 2 aliphatic heterocycles. The Kier molecular flexibility index (Phi) is 12.3. The van der Waals surface area contributed by atoms with Crippen molar-refractivity contribution in [2.75, 3.05) is 23.0 Å². The zero-order valence-corrected chi connectivity index (χ0v) is 36.3. The molecule has 2 aliphatic rings. The third kappa shape index (κ3) is 8.31. The lowest BCUT2D eigenvalue weighted by Crippen LogP contribution is -2.40.